The monoisotopic (exact) mass is 358 g/mol. The highest BCUT2D eigenvalue weighted by molar-refractivity contribution is 7.99. The Kier molecular flexibility index (Phi) is 6.73. The van der Waals surface area contributed by atoms with Crippen molar-refractivity contribution in [3.63, 3.8) is 0 Å². The van der Waals surface area contributed by atoms with E-state index in [0.717, 1.165) is 18.1 Å². The molecule has 1 aliphatic rings. The molecular formula is C15H22N2O4S2. The van der Waals surface area contributed by atoms with E-state index in [0.29, 0.717) is 17.9 Å². The zero-order valence-electron chi connectivity index (χ0n) is 13.1. The minimum atomic E-state index is -3.04. The Bertz CT molecular complexity index is 628. The zero-order valence-corrected chi connectivity index (χ0v) is 14.7. The van der Waals surface area contributed by atoms with Gasteiger partial charge in [-0.1, -0.05) is 6.07 Å². The fraction of sp³-hybridized carbons (Fsp3) is 0.533. The number of carbonyl (C=O) groups excluding carboxylic acids is 1. The average Bonchev–Trinajstić information content (AvgIpc) is 2.47. The lowest BCUT2D eigenvalue weighted by Crippen LogP contribution is -2.39. The number of ether oxygens (including phenoxy) is 1. The number of hydrogen-bond acceptors (Lipinski definition) is 6. The van der Waals surface area contributed by atoms with Crippen molar-refractivity contribution in [1.82, 2.24) is 5.32 Å². The summed E-state index contributed by atoms with van der Waals surface area (Å²) >= 11 is 1.85. The number of rotatable bonds is 7. The van der Waals surface area contributed by atoms with Crippen LogP contribution in [0.3, 0.4) is 0 Å². The van der Waals surface area contributed by atoms with Crippen LogP contribution in [0.1, 0.15) is 6.42 Å². The van der Waals surface area contributed by atoms with Crippen LogP contribution in [0.4, 0.5) is 5.69 Å². The summed E-state index contributed by atoms with van der Waals surface area (Å²) in [5, 5.41) is 6.18. The molecule has 2 rings (SSSR count). The highest BCUT2D eigenvalue weighted by Crippen LogP contribution is 2.18. The third-order valence-electron chi connectivity index (χ3n) is 3.27. The standard InChI is InChI=1S/C15H22N2O4S2/c1-23(19,20)8-6-21-14-4-2-3-12(9-14)17-15(18)10-13-11-22-7-5-16-13/h2-4,9,13,16H,5-8,10-11H2,1H3,(H,17,18). The molecule has 2 N–H and O–H groups in total. The van der Waals surface area contributed by atoms with Crippen LogP contribution >= 0.6 is 11.8 Å². The van der Waals surface area contributed by atoms with Gasteiger partial charge in [0, 0.05) is 48.5 Å². The van der Waals surface area contributed by atoms with Gasteiger partial charge in [-0.15, -0.1) is 0 Å². The lowest BCUT2D eigenvalue weighted by molar-refractivity contribution is -0.116. The second-order valence-corrected chi connectivity index (χ2v) is 8.89. The minimum absolute atomic E-state index is 0.0331. The quantitative estimate of drug-likeness (QED) is 0.760. The molecular weight excluding hydrogens is 336 g/mol. The van der Waals surface area contributed by atoms with Gasteiger partial charge in [-0.25, -0.2) is 8.42 Å². The summed E-state index contributed by atoms with van der Waals surface area (Å²) < 4.78 is 27.6. The first-order chi connectivity index (χ1) is 10.9. The van der Waals surface area contributed by atoms with Crippen LogP contribution in [0.2, 0.25) is 0 Å². The van der Waals surface area contributed by atoms with Crippen LogP contribution in [0.15, 0.2) is 24.3 Å². The maximum Gasteiger partial charge on any atom is 0.225 e. The van der Waals surface area contributed by atoms with Crippen molar-refractivity contribution in [3.05, 3.63) is 24.3 Å². The van der Waals surface area contributed by atoms with Gasteiger partial charge in [0.2, 0.25) is 5.91 Å². The molecule has 0 aliphatic carbocycles. The van der Waals surface area contributed by atoms with Crippen molar-refractivity contribution in [3.8, 4) is 5.75 Å². The molecule has 0 spiro atoms. The van der Waals surface area contributed by atoms with Crippen molar-refractivity contribution in [2.45, 2.75) is 12.5 Å². The van der Waals surface area contributed by atoms with Crippen LogP contribution in [-0.2, 0) is 14.6 Å². The summed E-state index contributed by atoms with van der Waals surface area (Å²) in [6.07, 6.45) is 1.61. The molecule has 1 atom stereocenters. The average molecular weight is 358 g/mol. The van der Waals surface area contributed by atoms with Gasteiger partial charge in [0.05, 0.1) is 5.75 Å². The number of sulfone groups is 1. The van der Waals surface area contributed by atoms with E-state index in [9.17, 15) is 13.2 Å². The van der Waals surface area contributed by atoms with Crippen molar-refractivity contribution in [2.24, 2.45) is 0 Å². The fourth-order valence-electron chi connectivity index (χ4n) is 2.16. The maximum atomic E-state index is 12.1. The number of anilines is 1. The van der Waals surface area contributed by atoms with Crippen molar-refractivity contribution >= 4 is 33.2 Å². The molecule has 1 aromatic carbocycles. The van der Waals surface area contributed by atoms with Gasteiger partial charge in [0.25, 0.3) is 0 Å². The van der Waals surface area contributed by atoms with Crippen LogP contribution in [0.25, 0.3) is 0 Å². The van der Waals surface area contributed by atoms with Crippen LogP contribution in [0, 0.1) is 0 Å². The highest BCUT2D eigenvalue weighted by Gasteiger charge is 2.16. The van der Waals surface area contributed by atoms with Crippen LogP contribution in [-0.4, -0.2) is 57.0 Å². The summed E-state index contributed by atoms with van der Waals surface area (Å²) in [6, 6.07) is 7.19. The van der Waals surface area contributed by atoms with Gasteiger partial charge in [0.15, 0.2) is 9.84 Å². The topological polar surface area (TPSA) is 84.5 Å². The first-order valence-electron chi connectivity index (χ1n) is 7.44. The van der Waals surface area contributed by atoms with Gasteiger partial charge in [-0.2, -0.15) is 11.8 Å². The van der Waals surface area contributed by atoms with Crippen molar-refractivity contribution < 1.29 is 17.9 Å². The minimum Gasteiger partial charge on any atom is -0.492 e. The Morgan fingerprint density at radius 3 is 3.00 bits per heavy atom. The Balaban J connectivity index is 1.82. The summed E-state index contributed by atoms with van der Waals surface area (Å²) in [5.41, 5.74) is 0.648. The molecule has 1 aromatic rings. The Hall–Kier alpha value is -1.25. The number of amides is 1. The molecule has 1 unspecified atom stereocenters. The van der Waals surface area contributed by atoms with Gasteiger partial charge >= 0.3 is 0 Å². The molecule has 1 fully saturated rings. The molecule has 1 saturated heterocycles. The van der Waals surface area contributed by atoms with E-state index in [4.69, 9.17) is 4.74 Å². The van der Waals surface area contributed by atoms with Gasteiger partial charge in [-0.3, -0.25) is 4.79 Å². The smallest absolute Gasteiger partial charge is 0.225 e. The van der Waals surface area contributed by atoms with Gasteiger partial charge in [0.1, 0.15) is 12.4 Å². The Morgan fingerprint density at radius 1 is 1.48 bits per heavy atom. The molecule has 1 aliphatic heterocycles. The van der Waals surface area contributed by atoms with E-state index in [2.05, 4.69) is 10.6 Å². The summed E-state index contributed by atoms with van der Waals surface area (Å²) in [7, 11) is -3.04. The molecule has 128 valence electrons. The Morgan fingerprint density at radius 2 is 2.30 bits per heavy atom. The molecule has 0 saturated carbocycles. The summed E-state index contributed by atoms with van der Waals surface area (Å²) in [6.45, 7) is 1.03. The van der Waals surface area contributed by atoms with E-state index in [1.807, 2.05) is 11.8 Å². The number of benzene rings is 1. The van der Waals surface area contributed by atoms with E-state index in [-0.39, 0.29) is 24.3 Å². The van der Waals surface area contributed by atoms with E-state index >= 15 is 0 Å². The number of thioether (sulfide) groups is 1. The second kappa shape index (κ2) is 8.56. The second-order valence-electron chi connectivity index (χ2n) is 5.48. The largest absolute Gasteiger partial charge is 0.492 e. The SMILES string of the molecule is CS(=O)(=O)CCOc1cccc(NC(=O)CC2CSCCN2)c1. The van der Waals surface area contributed by atoms with Gasteiger partial charge < -0.3 is 15.4 Å². The normalized spacial score (nSPS) is 18.4. The molecule has 0 aromatic heterocycles. The lowest BCUT2D eigenvalue weighted by atomic mass is 10.2. The summed E-state index contributed by atoms with van der Waals surface area (Å²) in [5.74, 6) is 2.50. The molecule has 8 heteroatoms. The highest BCUT2D eigenvalue weighted by atomic mass is 32.2. The fourth-order valence-corrected chi connectivity index (χ4v) is 3.50. The van der Waals surface area contributed by atoms with E-state index in [1.165, 1.54) is 6.26 Å². The number of nitrogens with one attached hydrogen (secondary N) is 2. The molecule has 0 radical (unpaired) electrons. The summed E-state index contributed by atoms with van der Waals surface area (Å²) in [4.78, 5) is 12.1. The predicted molar refractivity (Wildman–Crippen MR) is 94.0 cm³/mol. The van der Waals surface area contributed by atoms with Gasteiger partial charge in [-0.05, 0) is 12.1 Å². The van der Waals surface area contributed by atoms with E-state index in [1.54, 1.807) is 24.3 Å². The number of carbonyl (C=O) groups is 1. The Labute approximate surface area is 141 Å². The first-order valence-corrected chi connectivity index (χ1v) is 10.7. The van der Waals surface area contributed by atoms with Crippen LogP contribution < -0.4 is 15.4 Å². The maximum absolute atomic E-state index is 12.1. The number of hydrogen-bond donors (Lipinski definition) is 2. The predicted octanol–water partition coefficient (Wildman–Crippen LogP) is 1.14. The van der Waals surface area contributed by atoms with Crippen LogP contribution in [0.5, 0.6) is 5.75 Å². The first kappa shape index (κ1) is 18.1. The zero-order chi connectivity index (χ0) is 16.7. The molecule has 0 bridgehead atoms. The molecule has 1 heterocycles. The molecule has 23 heavy (non-hydrogen) atoms. The third kappa shape index (κ3) is 7.24. The lowest BCUT2D eigenvalue weighted by Gasteiger charge is -2.22. The van der Waals surface area contributed by atoms with Crippen molar-refractivity contribution in [1.29, 1.82) is 0 Å². The van der Waals surface area contributed by atoms with Crippen molar-refractivity contribution in [2.75, 3.05) is 42.0 Å². The third-order valence-corrected chi connectivity index (χ3v) is 5.31. The molecule has 6 nitrogen and oxygen atoms in total. The van der Waals surface area contributed by atoms with E-state index < -0.39 is 9.84 Å². The molecule has 1 amide bonds.